The van der Waals surface area contributed by atoms with Gasteiger partial charge in [0.1, 0.15) is 4.90 Å². The van der Waals surface area contributed by atoms with E-state index in [4.69, 9.17) is 10.2 Å². The summed E-state index contributed by atoms with van der Waals surface area (Å²) in [7, 11) is -9.70. The molecule has 0 amide bonds. The molecule has 0 aromatic heterocycles. The Morgan fingerprint density at radius 1 is 0.781 bits per heavy atom. The van der Waals surface area contributed by atoms with Crippen LogP contribution in [-0.4, -0.2) is 40.3 Å². The molecular weight excluding hydrogens is 469 g/mol. The molecule has 7 nitrogen and oxygen atoms in total. The largest absolute Gasteiger partial charge is 0.395 e. The minimum Gasteiger partial charge on any atom is -0.395 e. The van der Waals surface area contributed by atoms with Gasteiger partial charge in [-0.15, -0.1) is 0 Å². The highest BCUT2D eigenvalue weighted by Crippen LogP contribution is 2.36. The molecule has 0 spiro atoms. The van der Waals surface area contributed by atoms with Crippen molar-refractivity contribution >= 4 is 25.5 Å². The minimum absolute atomic E-state index is 0.481. The van der Waals surface area contributed by atoms with E-state index >= 15 is 4.39 Å². The number of nitrogens with two attached hydrogens (primary N) is 1. The van der Waals surface area contributed by atoms with Gasteiger partial charge in [-0.1, -0.05) is 57.8 Å². The number of halogens is 3. The van der Waals surface area contributed by atoms with Gasteiger partial charge >= 0.3 is 0 Å². The summed E-state index contributed by atoms with van der Waals surface area (Å²) in [4.78, 5) is -3.06. The van der Waals surface area contributed by atoms with E-state index in [1.165, 1.54) is 6.42 Å². The molecule has 1 fully saturated rings. The van der Waals surface area contributed by atoms with Crippen molar-refractivity contribution in [3.05, 3.63) is 17.5 Å². The molecule has 32 heavy (non-hydrogen) atoms. The van der Waals surface area contributed by atoms with Gasteiger partial charge in [0.2, 0.25) is 10.0 Å². The average Bonchev–Trinajstić information content (AvgIpc) is 2.66. The molecule has 1 aliphatic rings. The predicted octanol–water partition coefficient (Wildman–Crippen LogP) is 3.60. The van der Waals surface area contributed by atoms with Crippen LogP contribution in [0.5, 0.6) is 0 Å². The Morgan fingerprint density at radius 3 is 1.66 bits per heavy atom. The Hall–Kier alpha value is -1.37. The third-order valence-electron chi connectivity index (χ3n) is 5.65. The van der Waals surface area contributed by atoms with E-state index < -0.39 is 71.2 Å². The third kappa shape index (κ3) is 6.82. The fourth-order valence-corrected chi connectivity index (χ4v) is 5.98. The van der Waals surface area contributed by atoms with E-state index in [2.05, 4.69) is 5.32 Å². The molecule has 0 aliphatic heterocycles. The molecule has 1 saturated carbocycles. The highest BCUT2D eigenvalue weighted by Gasteiger charge is 2.36. The first-order valence-electron chi connectivity index (χ1n) is 10.8. The summed E-state index contributed by atoms with van der Waals surface area (Å²) in [6, 6.07) is -0.481. The van der Waals surface area contributed by atoms with Gasteiger partial charge in [-0.05, 0) is 12.8 Å². The van der Waals surface area contributed by atoms with E-state index in [-0.39, 0.29) is 0 Å². The first kappa shape index (κ1) is 26.9. The van der Waals surface area contributed by atoms with E-state index in [9.17, 15) is 25.6 Å². The van der Waals surface area contributed by atoms with E-state index in [0.717, 1.165) is 51.4 Å². The SMILES string of the molecule is NS(=O)(=O)c1c(F)c(F)c(S(=O)(=O)CCO)c(NC2CCCCCCCCCCC2)c1F. The lowest BCUT2D eigenvalue weighted by Gasteiger charge is -2.24. The molecule has 1 aromatic carbocycles. The molecule has 0 atom stereocenters. The Kier molecular flexibility index (Phi) is 9.80. The fraction of sp³-hybridized carbons (Fsp3) is 0.700. The van der Waals surface area contributed by atoms with Crippen LogP contribution in [0.1, 0.15) is 70.6 Å². The highest BCUT2D eigenvalue weighted by atomic mass is 32.2. The lowest BCUT2D eigenvalue weighted by Crippen LogP contribution is -2.27. The van der Waals surface area contributed by atoms with Crippen LogP contribution in [0.15, 0.2) is 9.79 Å². The standard InChI is InChI=1S/C20H31F3N2O5S2/c21-15-16(22)20(31(27,28)13-12-26)18(17(23)19(15)32(24,29)30)25-14-10-8-6-4-2-1-3-5-7-9-11-14/h14,25-26H,1-13H2,(H2,24,29,30). The van der Waals surface area contributed by atoms with Gasteiger partial charge in [0.05, 0.1) is 18.0 Å². The Labute approximate surface area is 187 Å². The number of aliphatic hydroxyl groups excluding tert-OH is 1. The molecule has 0 bridgehead atoms. The summed E-state index contributed by atoms with van der Waals surface area (Å²) < 4.78 is 92.9. The maximum Gasteiger partial charge on any atom is 0.244 e. The Morgan fingerprint density at radius 2 is 1.22 bits per heavy atom. The van der Waals surface area contributed by atoms with Crippen LogP contribution in [0.3, 0.4) is 0 Å². The highest BCUT2D eigenvalue weighted by molar-refractivity contribution is 7.91. The number of sulfonamides is 1. The van der Waals surface area contributed by atoms with Crippen molar-refractivity contribution in [2.24, 2.45) is 5.14 Å². The molecule has 1 aromatic rings. The number of benzene rings is 1. The zero-order valence-electron chi connectivity index (χ0n) is 17.9. The second-order valence-corrected chi connectivity index (χ2v) is 11.7. The molecule has 12 heteroatoms. The smallest absolute Gasteiger partial charge is 0.244 e. The molecular formula is C20H31F3N2O5S2. The summed E-state index contributed by atoms with van der Waals surface area (Å²) in [5, 5.41) is 16.6. The van der Waals surface area contributed by atoms with Crippen molar-refractivity contribution in [2.75, 3.05) is 17.7 Å². The number of rotatable bonds is 6. The van der Waals surface area contributed by atoms with E-state index in [1.54, 1.807) is 0 Å². The van der Waals surface area contributed by atoms with Gasteiger partial charge in [0.15, 0.2) is 32.2 Å². The van der Waals surface area contributed by atoms with Crippen molar-refractivity contribution in [3.63, 3.8) is 0 Å². The summed E-state index contributed by atoms with van der Waals surface area (Å²) in [5.41, 5.74) is -0.960. The maximum absolute atomic E-state index is 15.2. The second-order valence-electron chi connectivity index (χ2n) is 8.16. The number of anilines is 1. The van der Waals surface area contributed by atoms with E-state index in [1.807, 2.05) is 0 Å². The topological polar surface area (TPSA) is 127 Å². The first-order chi connectivity index (χ1) is 15.0. The van der Waals surface area contributed by atoms with Crippen molar-refractivity contribution in [1.82, 2.24) is 0 Å². The van der Waals surface area contributed by atoms with Crippen molar-refractivity contribution in [3.8, 4) is 0 Å². The number of nitrogens with one attached hydrogen (secondary N) is 1. The van der Waals surface area contributed by atoms with Crippen LogP contribution in [0.25, 0.3) is 0 Å². The Bertz CT molecular complexity index is 989. The van der Waals surface area contributed by atoms with Crippen LogP contribution in [0.4, 0.5) is 18.9 Å². The van der Waals surface area contributed by atoms with Gasteiger partial charge in [-0.2, -0.15) is 0 Å². The molecule has 4 N–H and O–H groups in total. The third-order valence-corrected chi connectivity index (χ3v) is 8.30. The van der Waals surface area contributed by atoms with Crippen molar-refractivity contribution in [2.45, 2.75) is 86.5 Å². The van der Waals surface area contributed by atoms with Gasteiger partial charge in [0.25, 0.3) is 0 Å². The Balaban J connectivity index is 2.56. The molecule has 0 heterocycles. The molecule has 2 rings (SSSR count). The van der Waals surface area contributed by atoms with Crippen LogP contribution in [-0.2, 0) is 19.9 Å². The lowest BCUT2D eigenvalue weighted by atomic mass is 9.97. The minimum atomic E-state index is -5.03. The van der Waals surface area contributed by atoms with Gasteiger partial charge in [-0.25, -0.2) is 35.1 Å². The van der Waals surface area contributed by atoms with E-state index in [0.29, 0.717) is 12.8 Å². The number of primary sulfonamides is 1. The van der Waals surface area contributed by atoms with Crippen LogP contribution < -0.4 is 10.5 Å². The van der Waals surface area contributed by atoms with Gasteiger partial charge in [-0.3, -0.25) is 0 Å². The molecule has 184 valence electrons. The summed E-state index contributed by atoms with van der Waals surface area (Å²) in [6.07, 6.45) is 9.81. The average molecular weight is 501 g/mol. The maximum atomic E-state index is 15.2. The van der Waals surface area contributed by atoms with Crippen LogP contribution in [0.2, 0.25) is 0 Å². The summed E-state index contributed by atoms with van der Waals surface area (Å²) in [6.45, 7) is -0.912. The zero-order valence-corrected chi connectivity index (χ0v) is 19.5. The number of hydrogen-bond acceptors (Lipinski definition) is 6. The molecule has 0 saturated heterocycles. The number of aliphatic hydroxyl groups is 1. The zero-order chi connectivity index (χ0) is 23.9. The lowest BCUT2D eigenvalue weighted by molar-refractivity contribution is 0.319. The fourth-order valence-electron chi connectivity index (χ4n) is 4.02. The monoisotopic (exact) mass is 500 g/mol. The second kappa shape index (κ2) is 11.7. The first-order valence-corrected chi connectivity index (χ1v) is 14.0. The quantitative estimate of drug-likeness (QED) is 0.512. The molecule has 0 radical (unpaired) electrons. The van der Waals surface area contributed by atoms with Crippen LogP contribution in [0, 0.1) is 17.5 Å². The molecule has 0 unspecified atom stereocenters. The number of sulfone groups is 1. The normalized spacial score (nSPS) is 18.0. The predicted molar refractivity (Wildman–Crippen MR) is 115 cm³/mol. The van der Waals surface area contributed by atoms with Crippen molar-refractivity contribution < 1.29 is 35.1 Å². The van der Waals surface area contributed by atoms with Gasteiger partial charge in [0, 0.05) is 6.04 Å². The van der Waals surface area contributed by atoms with Gasteiger partial charge < -0.3 is 10.4 Å². The summed E-state index contributed by atoms with van der Waals surface area (Å²) >= 11 is 0. The van der Waals surface area contributed by atoms with Crippen molar-refractivity contribution in [1.29, 1.82) is 0 Å². The number of hydrogen-bond donors (Lipinski definition) is 3. The summed E-state index contributed by atoms with van der Waals surface area (Å²) in [5.74, 6) is -7.02. The molecule has 1 aliphatic carbocycles. The van der Waals surface area contributed by atoms with Crippen LogP contribution >= 0.6 is 0 Å².